The Hall–Kier alpha value is -0.900. The molecule has 2 heterocycles. The predicted octanol–water partition coefficient (Wildman–Crippen LogP) is 1.36. The SMILES string of the molecule is CN1C(=O)C(C)(C)C2=CCCN2C1=S. The monoisotopic (exact) mass is 210 g/mol. The van der Waals surface area contributed by atoms with Gasteiger partial charge in [0.05, 0.1) is 5.41 Å². The Labute approximate surface area is 89.4 Å². The van der Waals surface area contributed by atoms with Crippen molar-refractivity contribution in [2.24, 2.45) is 5.41 Å². The molecule has 14 heavy (non-hydrogen) atoms. The molecule has 76 valence electrons. The normalized spacial score (nSPS) is 25.2. The number of rotatable bonds is 0. The summed E-state index contributed by atoms with van der Waals surface area (Å²) in [5.41, 5.74) is 0.652. The van der Waals surface area contributed by atoms with E-state index < -0.39 is 5.41 Å². The zero-order chi connectivity index (χ0) is 10.5. The molecule has 3 nitrogen and oxygen atoms in total. The second kappa shape index (κ2) is 2.79. The van der Waals surface area contributed by atoms with Gasteiger partial charge in [0, 0.05) is 19.3 Å². The quantitative estimate of drug-likeness (QED) is 0.564. The molecular weight excluding hydrogens is 196 g/mol. The summed E-state index contributed by atoms with van der Waals surface area (Å²) in [4.78, 5) is 15.6. The van der Waals surface area contributed by atoms with Crippen LogP contribution in [0.1, 0.15) is 20.3 Å². The number of hydrogen-bond acceptors (Lipinski definition) is 2. The molecule has 0 radical (unpaired) electrons. The molecule has 2 rings (SSSR count). The van der Waals surface area contributed by atoms with E-state index >= 15 is 0 Å². The average molecular weight is 210 g/mol. The molecule has 0 saturated carbocycles. The molecule has 2 aliphatic heterocycles. The van der Waals surface area contributed by atoms with Crippen LogP contribution in [0, 0.1) is 5.41 Å². The fraction of sp³-hybridized carbons (Fsp3) is 0.600. The van der Waals surface area contributed by atoms with Gasteiger partial charge in [-0.05, 0) is 32.5 Å². The maximum atomic E-state index is 12.0. The molecule has 0 aromatic carbocycles. The summed E-state index contributed by atoms with van der Waals surface area (Å²) in [6.45, 7) is 4.82. The molecule has 0 N–H and O–H groups in total. The molecule has 0 bridgehead atoms. The van der Waals surface area contributed by atoms with E-state index in [9.17, 15) is 4.79 Å². The number of carbonyl (C=O) groups excluding carboxylic acids is 1. The highest BCUT2D eigenvalue weighted by Crippen LogP contribution is 2.39. The van der Waals surface area contributed by atoms with Crippen LogP contribution in [0.25, 0.3) is 0 Å². The Morgan fingerprint density at radius 2 is 2.14 bits per heavy atom. The van der Waals surface area contributed by atoms with Crippen molar-refractivity contribution in [3.8, 4) is 0 Å². The largest absolute Gasteiger partial charge is 0.321 e. The Bertz CT molecular complexity index is 346. The number of carbonyl (C=O) groups is 1. The first-order chi connectivity index (χ1) is 6.46. The van der Waals surface area contributed by atoms with Crippen LogP contribution >= 0.6 is 12.2 Å². The lowest BCUT2D eigenvalue weighted by atomic mass is 9.85. The Morgan fingerprint density at radius 3 is 2.79 bits per heavy atom. The van der Waals surface area contributed by atoms with E-state index in [0.29, 0.717) is 5.11 Å². The summed E-state index contributed by atoms with van der Waals surface area (Å²) in [5.74, 6) is 0.0897. The third-order valence-electron chi connectivity index (χ3n) is 2.98. The maximum absolute atomic E-state index is 12.0. The van der Waals surface area contributed by atoms with Crippen LogP contribution in [-0.4, -0.2) is 34.4 Å². The van der Waals surface area contributed by atoms with Gasteiger partial charge in [-0.3, -0.25) is 9.69 Å². The van der Waals surface area contributed by atoms with Crippen LogP contribution in [0.5, 0.6) is 0 Å². The van der Waals surface area contributed by atoms with E-state index in [1.54, 1.807) is 11.9 Å². The van der Waals surface area contributed by atoms with Crippen LogP contribution in [0.4, 0.5) is 0 Å². The topological polar surface area (TPSA) is 23.6 Å². The summed E-state index contributed by atoms with van der Waals surface area (Å²) in [7, 11) is 1.75. The highest BCUT2D eigenvalue weighted by Gasteiger charge is 2.45. The van der Waals surface area contributed by atoms with Gasteiger partial charge in [0.2, 0.25) is 5.91 Å². The Morgan fingerprint density at radius 1 is 1.50 bits per heavy atom. The van der Waals surface area contributed by atoms with E-state index in [0.717, 1.165) is 18.7 Å². The first-order valence-corrected chi connectivity index (χ1v) is 5.17. The molecule has 0 aliphatic carbocycles. The minimum Gasteiger partial charge on any atom is -0.321 e. The van der Waals surface area contributed by atoms with Gasteiger partial charge in [-0.25, -0.2) is 0 Å². The third kappa shape index (κ3) is 1.03. The fourth-order valence-corrected chi connectivity index (χ4v) is 2.42. The van der Waals surface area contributed by atoms with Gasteiger partial charge in [-0.1, -0.05) is 6.08 Å². The summed E-state index contributed by atoms with van der Waals surface area (Å²) < 4.78 is 0. The zero-order valence-corrected chi connectivity index (χ0v) is 9.52. The lowest BCUT2D eigenvalue weighted by Crippen LogP contribution is -2.55. The lowest BCUT2D eigenvalue weighted by Gasteiger charge is -2.43. The maximum Gasteiger partial charge on any atom is 0.240 e. The molecular formula is C10H14N2OS. The van der Waals surface area contributed by atoms with Crippen molar-refractivity contribution < 1.29 is 4.79 Å². The highest BCUT2D eigenvalue weighted by atomic mass is 32.1. The van der Waals surface area contributed by atoms with Crippen molar-refractivity contribution in [1.29, 1.82) is 0 Å². The standard InChI is InChI=1S/C10H14N2OS/c1-10(2)7-5-4-6-12(7)9(14)11(3)8(10)13/h5H,4,6H2,1-3H3. The fourth-order valence-electron chi connectivity index (χ4n) is 2.15. The van der Waals surface area contributed by atoms with Gasteiger partial charge < -0.3 is 4.90 Å². The van der Waals surface area contributed by atoms with Crippen LogP contribution in [0.15, 0.2) is 11.8 Å². The van der Waals surface area contributed by atoms with Crippen LogP contribution in [0.3, 0.4) is 0 Å². The molecule has 0 atom stereocenters. The summed E-state index contributed by atoms with van der Waals surface area (Å²) >= 11 is 5.24. The number of thiocarbonyl (C=S) groups is 1. The highest BCUT2D eigenvalue weighted by molar-refractivity contribution is 7.80. The van der Waals surface area contributed by atoms with Crippen molar-refractivity contribution in [2.75, 3.05) is 13.6 Å². The number of nitrogens with zero attached hydrogens (tertiary/aromatic N) is 2. The molecule has 4 heteroatoms. The van der Waals surface area contributed by atoms with Crippen molar-refractivity contribution in [3.05, 3.63) is 11.8 Å². The lowest BCUT2D eigenvalue weighted by molar-refractivity contribution is -0.135. The first-order valence-electron chi connectivity index (χ1n) is 4.76. The Balaban J connectivity index is 2.48. The molecule has 1 saturated heterocycles. The molecule has 1 amide bonds. The molecule has 2 aliphatic rings. The van der Waals surface area contributed by atoms with Gasteiger partial charge in [-0.15, -0.1) is 0 Å². The number of fused-ring (bicyclic) bond motifs is 1. The minimum absolute atomic E-state index is 0.0897. The van der Waals surface area contributed by atoms with E-state index in [2.05, 4.69) is 11.0 Å². The van der Waals surface area contributed by atoms with Crippen LogP contribution in [0.2, 0.25) is 0 Å². The first kappa shape index (κ1) is 9.65. The number of hydrogen-bond donors (Lipinski definition) is 0. The van der Waals surface area contributed by atoms with E-state index in [1.165, 1.54) is 0 Å². The van der Waals surface area contributed by atoms with E-state index in [1.807, 2.05) is 13.8 Å². The van der Waals surface area contributed by atoms with Crippen molar-refractivity contribution >= 4 is 23.2 Å². The molecule has 0 spiro atoms. The third-order valence-corrected chi connectivity index (χ3v) is 3.47. The smallest absolute Gasteiger partial charge is 0.240 e. The summed E-state index contributed by atoms with van der Waals surface area (Å²) in [6.07, 6.45) is 3.11. The summed E-state index contributed by atoms with van der Waals surface area (Å²) in [6, 6.07) is 0. The minimum atomic E-state index is -0.423. The Kier molecular flexibility index (Phi) is 1.93. The van der Waals surface area contributed by atoms with E-state index in [-0.39, 0.29) is 5.91 Å². The molecule has 0 aromatic heterocycles. The zero-order valence-electron chi connectivity index (χ0n) is 8.70. The predicted molar refractivity (Wildman–Crippen MR) is 58.6 cm³/mol. The van der Waals surface area contributed by atoms with Gasteiger partial charge in [0.25, 0.3) is 0 Å². The van der Waals surface area contributed by atoms with Gasteiger partial charge in [0.1, 0.15) is 0 Å². The van der Waals surface area contributed by atoms with Crippen molar-refractivity contribution in [3.63, 3.8) is 0 Å². The number of amides is 1. The second-order valence-electron chi connectivity index (χ2n) is 4.30. The van der Waals surface area contributed by atoms with E-state index in [4.69, 9.17) is 12.2 Å². The van der Waals surface area contributed by atoms with Crippen molar-refractivity contribution in [2.45, 2.75) is 20.3 Å². The second-order valence-corrected chi connectivity index (χ2v) is 4.67. The molecule has 1 fully saturated rings. The molecule has 0 aromatic rings. The van der Waals surface area contributed by atoms with Crippen LogP contribution < -0.4 is 0 Å². The van der Waals surface area contributed by atoms with Crippen molar-refractivity contribution in [1.82, 2.24) is 9.80 Å². The van der Waals surface area contributed by atoms with Gasteiger partial charge in [-0.2, -0.15) is 0 Å². The molecule has 0 unspecified atom stereocenters. The van der Waals surface area contributed by atoms with Crippen LogP contribution in [-0.2, 0) is 4.79 Å². The average Bonchev–Trinajstić information content (AvgIpc) is 2.61. The summed E-state index contributed by atoms with van der Waals surface area (Å²) in [5, 5.41) is 0.637. The van der Waals surface area contributed by atoms with Gasteiger partial charge >= 0.3 is 0 Å². The van der Waals surface area contributed by atoms with Gasteiger partial charge in [0.15, 0.2) is 5.11 Å².